The van der Waals surface area contributed by atoms with Gasteiger partial charge >= 0.3 is 5.97 Å². The summed E-state index contributed by atoms with van der Waals surface area (Å²) in [4.78, 5) is 15.5. The lowest BCUT2D eigenvalue weighted by Crippen LogP contribution is -2.47. The second-order valence-corrected chi connectivity index (χ2v) is 7.73. The summed E-state index contributed by atoms with van der Waals surface area (Å²) in [6, 6.07) is 12.2. The molecule has 2 atom stereocenters. The Morgan fingerprint density at radius 1 is 1.48 bits per heavy atom. The summed E-state index contributed by atoms with van der Waals surface area (Å²) in [6.45, 7) is 2.02. The average Bonchev–Trinajstić information content (AvgIpc) is 3.12. The van der Waals surface area contributed by atoms with Gasteiger partial charge in [-0.2, -0.15) is 0 Å². The van der Waals surface area contributed by atoms with Gasteiger partial charge in [-0.05, 0) is 27.6 Å². The first-order valence-corrected chi connectivity index (χ1v) is 9.07. The first-order chi connectivity index (χ1) is 11.0. The fourth-order valence-electron chi connectivity index (χ4n) is 3.16. The fourth-order valence-corrected chi connectivity index (χ4v) is 4.75. The van der Waals surface area contributed by atoms with Gasteiger partial charge in [0.15, 0.2) is 0 Å². The highest BCUT2D eigenvalue weighted by atomic mass is 79.9. The molecular weight excluding hydrogens is 376 g/mol. The van der Waals surface area contributed by atoms with E-state index in [0.717, 1.165) is 15.9 Å². The molecule has 122 valence electrons. The highest BCUT2D eigenvalue weighted by Crippen LogP contribution is 2.40. The number of esters is 1. The molecule has 23 heavy (non-hydrogen) atoms. The van der Waals surface area contributed by atoms with Crippen molar-refractivity contribution in [1.29, 1.82) is 0 Å². The number of halogens is 1. The van der Waals surface area contributed by atoms with Crippen molar-refractivity contribution >= 4 is 33.2 Å². The third-order valence-corrected chi connectivity index (χ3v) is 6.19. The smallest absolute Gasteiger partial charge is 0.312 e. The van der Waals surface area contributed by atoms with Crippen molar-refractivity contribution in [3.63, 3.8) is 0 Å². The highest BCUT2D eigenvalue weighted by Gasteiger charge is 2.50. The topological polar surface area (TPSA) is 55.6 Å². The van der Waals surface area contributed by atoms with E-state index in [0.29, 0.717) is 13.1 Å². The summed E-state index contributed by atoms with van der Waals surface area (Å²) in [6.07, 6.45) is 0. The Kier molecular flexibility index (Phi) is 4.87. The summed E-state index contributed by atoms with van der Waals surface area (Å²) < 4.78 is 6.00. The first-order valence-electron chi connectivity index (χ1n) is 7.40. The van der Waals surface area contributed by atoms with Gasteiger partial charge in [-0.15, -0.1) is 11.3 Å². The van der Waals surface area contributed by atoms with Crippen LogP contribution >= 0.6 is 27.3 Å². The molecule has 0 aliphatic carbocycles. The second kappa shape index (κ2) is 6.73. The SMILES string of the molecule is COC(=O)C1CN(Cc2ccccc2)CC1(N)c1cc(Br)cs1. The van der Waals surface area contributed by atoms with E-state index >= 15 is 0 Å². The molecule has 0 spiro atoms. The molecule has 1 aromatic carbocycles. The van der Waals surface area contributed by atoms with Crippen molar-refractivity contribution in [1.82, 2.24) is 4.90 Å². The van der Waals surface area contributed by atoms with Crippen molar-refractivity contribution < 1.29 is 9.53 Å². The Morgan fingerprint density at radius 2 is 2.22 bits per heavy atom. The molecule has 2 N–H and O–H groups in total. The minimum absolute atomic E-state index is 0.243. The van der Waals surface area contributed by atoms with Crippen LogP contribution in [0.25, 0.3) is 0 Å². The number of thiophene rings is 1. The van der Waals surface area contributed by atoms with Crippen molar-refractivity contribution in [2.75, 3.05) is 20.2 Å². The maximum Gasteiger partial charge on any atom is 0.312 e. The van der Waals surface area contributed by atoms with Gasteiger partial charge in [-0.1, -0.05) is 30.3 Å². The molecule has 0 saturated carbocycles. The molecule has 1 aromatic heterocycles. The number of carbonyl (C=O) groups is 1. The monoisotopic (exact) mass is 394 g/mol. The third kappa shape index (κ3) is 3.35. The Bertz CT molecular complexity index is 691. The van der Waals surface area contributed by atoms with Gasteiger partial charge in [0.1, 0.15) is 0 Å². The molecule has 0 amide bonds. The summed E-state index contributed by atoms with van der Waals surface area (Å²) in [5, 5.41) is 2.00. The van der Waals surface area contributed by atoms with Crippen LogP contribution < -0.4 is 5.73 Å². The minimum atomic E-state index is -0.710. The van der Waals surface area contributed by atoms with Gasteiger partial charge in [0.05, 0.1) is 18.6 Å². The fraction of sp³-hybridized carbons (Fsp3) is 0.353. The zero-order valence-corrected chi connectivity index (χ0v) is 15.3. The van der Waals surface area contributed by atoms with Crippen LogP contribution in [0.4, 0.5) is 0 Å². The summed E-state index contributed by atoms with van der Waals surface area (Å²) in [5.41, 5.74) is 7.21. The average molecular weight is 395 g/mol. The molecule has 4 nitrogen and oxygen atoms in total. The minimum Gasteiger partial charge on any atom is -0.469 e. The molecule has 2 unspecified atom stereocenters. The number of ether oxygens (including phenoxy) is 1. The van der Waals surface area contributed by atoms with Gasteiger partial charge < -0.3 is 10.5 Å². The zero-order chi connectivity index (χ0) is 16.4. The van der Waals surface area contributed by atoms with Crippen LogP contribution in [0.2, 0.25) is 0 Å². The maximum absolute atomic E-state index is 12.3. The maximum atomic E-state index is 12.3. The lowest BCUT2D eigenvalue weighted by molar-refractivity contribution is -0.146. The van der Waals surface area contributed by atoms with Crippen LogP contribution in [0.5, 0.6) is 0 Å². The van der Waals surface area contributed by atoms with Crippen molar-refractivity contribution in [2.45, 2.75) is 12.1 Å². The Labute approximate surface area is 148 Å². The quantitative estimate of drug-likeness (QED) is 0.809. The van der Waals surface area contributed by atoms with Crippen LogP contribution in [0.15, 0.2) is 46.3 Å². The normalized spacial score (nSPS) is 24.7. The zero-order valence-electron chi connectivity index (χ0n) is 12.9. The molecule has 2 heterocycles. The van der Waals surface area contributed by atoms with E-state index in [1.54, 1.807) is 11.3 Å². The summed E-state index contributed by atoms with van der Waals surface area (Å²) in [5.74, 6) is -0.602. The Balaban J connectivity index is 1.86. The van der Waals surface area contributed by atoms with E-state index in [4.69, 9.17) is 10.5 Å². The predicted octanol–water partition coefficient (Wildman–Crippen LogP) is 2.97. The van der Waals surface area contributed by atoms with Crippen LogP contribution in [-0.4, -0.2) is 31.1 Å². The summed E-state index contributed by atoms with van der Waals surface area (Å²) >= 11 is 5.05. The molecule has 3 rings (SSSR count). The van der Waals surface area contributed by atoms with E-state index in [1.807, 2.05) is 29.6 Å². The molecule has 2 aromatic rings. The predicted molar refractivity (Wildman–Crippen MR) is 95.1 cm³/mol. The Morgan fingerprint density at radius 3 is 2.83 bits per heavy atom. The molecule has 1 fully saturated rings. The van der Waals surface area contributed by atoms with Crippen LogP contribution in [-0.2, 0) is 21.6 Å². The molecule has 0 radical (unpaired) electrons. The molecule has 1 aliphatic rings. The number of nitrogens with zero attached hydrogens (tertiary/aromatic N) is 1. The van der Waals surface area contributed by atoms with E-state index in [1.165, 1.54) is 12.7 Å². The highest BCUT2D eigenvalue weighted by molar-refractivity contribution is 9.10. The van der Waals surface area contributed by atoms with Crippen molar-refractivity contribution in [3.8, 4) is 0 Å². The lowest BCUT2D eigenvalue weighted by Gasteiger charge is -2.27. The number of methoxy groups -OCH3 is 1. The number of nitrogens with two attached hydrogens (primary N) is 1. The van der Waals surface area contributed by atoms with E-state index in [-0.39, 0.29) is 11.9 Å². The summed E-state index contributed by atoms with van der Waals surface area (Å²) in [7, 11) is 1.42. The number of likely N-dealkylation sites (tertiary alicyclic amines) is 1. The molecule has 1 aliphatic heterocycles. The van der Waals surface area contributed by atoms with E-state index in [9.17, 15) is 4.79 Å². The second-order valence-electron chi connectivity index (χ2n) is 5.90. The van der Waals surface area contributed by atoms with Crippen LogP contribution in [0, 0.1) is 5.92 Å². The standard InChI is InChI=1S/C17H19BrN2O2S/c1-22-16(21)14-9-20(8-12-5-3-2-4-6-12)11-17(14,19)15-7-13(18)10-23-15/h2-7,10,14H,8-9,11,19H2,1H3. The number of carbonyl (C=O) groups excluding carboxylic acids is 1. The van der Waals surface area contributed by atoms with Crippen molar-refractivity contribution in [2.24, 2.45) is 11.7 Å². The van der Waals surface area contributed by atoms with Crippen LogP contribution in [0.1, 0.15) is 10.4 Å². The largest absolute Gasteiger partial charge is 0.469 e. The lowest BCUT2D eigenvalue weighted by atomic mass is 9.86. The van der Waals surface area contributed by atoms with Crippen molar-refractivity contribution in [3.05, 3.63) is 56.7 Å². The molecular formula is C17H19BrN2O2S. The van der Waals surface area contributed by atoms with Gasteiger partial charge in [0.25, 0.3) is 0 Å². The number of benzene rings is 1. The van der Waals surface area contributed by atoms with Gasteiger partial charge in [-0.3, -0.25) is 9.69 Å². The van der Waals surface area contributed by atoms with Gasteiger partial charge in [-0.25, -0.2) is 0 Å². The third-order valence-electron chi connectivity index (χ3n) is 4.31. The van der Waals surface area contributed by atoms with Gasteiger partial charge in [0.2, 0.25) is 0 Å². The molecule has 0 bridgehead atoms. The van der Waals surface area contributed by atoms with Gasteiger partial charge in [0, 0.05) is 34.4 Å². The molecule has 6 heteroatoms. The first kappa shape index (κ1) is 16.6. The number of hydrogen-bond acceptors (Lipinski definition) is 5. The van der Waals surface area contributed by atoms with Crippen LogP contribution in [0.3, 0.4) is 0 Å². The Hall–Kier alpha value is -1.21. The number of rotatable bonds is 4. The van der Waals surface area contributed by atoms with E-state index < -0.39 is 5.54 Å². The number of hydrogen-bond donors (Lipinski definition) is 1. The molecule has 1 saturated heterocycles. The van der Waals surface area contributed by atoms with E-state index in [2.05, 4.69) is 33.0 Å².